The SMILES string of the molecule is COCCCNC(=O)C(C)(C)C(=O)Nc1ccc(C(C)=O)cc1. The van der Waals surface area contributed by atoms with Crippen molar-refractivity contribution in [1.82, 2.24) is 5.32 Å². The molecule has 0 aromatic heterocycles. The Morgan fingerprint density at radius 3 is 2.22 bits per heavy atom. The Balaban J connectivity index is 2.63. The van der Waals surface area contributed by atoms with Gasteiger partial charge in [-0.15, -0.1) is 0 Å². The molecule has 6 nitrogen and oxygen atoms in total. The molecule has 2 N–H and O–H groups in total. The molecule has 0 saturated heterocycles. The van der Waals surface area contributed by atoms with E-state index in [1.807, 2.05) is 0 Å². The van der Waals surface area contributed by atoms with E-state index < -0.39 is 11.3 Å². The van der Waals surface area contributed by atoms with Crippen molar-refractivity contribution in [1.29, 1.82) is 0 Å². The van der Waals surface area contributed by atoms with Crippen molar-refractivity contribution in [3.05, 3.63) is 29.8 Å². The molecule has 0 bridgehead atoms. The highest BCUT2D eigenvalue weighted by Crippen LogP contribution is 2.19. The number of carbonyl (C=O) groups excluding carboxylic acids is 3. The fourth-order valence-corrected chi connectivity index (χ4v) is 1.82. The first-order chi connectivity index (χ1) is 10.8. The second-order valence-electron chi connectivity index (χ2n) is 5.81. The number of nitrogens with one attached hydrogen (secondary N) is 2. The number of hydrogen-bond donors (Lipinski definition) is 2. The van der Waals surface area contributed by atoms with E-state index in [1.54, 1.807) is 45.2 Å². The van der Waals surface area contributed by atoms with Gasteiger partial charge in [0.25, 0.3) is 0 Å². The van der Waals surface area contributed by atoms with E-state index in [0.717, 1.165) is 0 Å². The number of rotatable bonds is 8. The lowest BCUT2D eigenvalue weighted by atomic mass is 9.91. The van der Waals surface area contributed by atoms with Crippen molar-refractivity contribution in [3.8, 4) is 0 Å². The molecule has 0 heterocycles. The maximum atomic E-state index is 12.3. The molecule has 6 heteroatoms. The fourth-order valence-electron chi connectivity index (χ4n) is 1.82. The van der Waals surface area contributed by atoms with Gasteiger partial charge in [0.2, 0.25) is 11.8 Å². The Bertz CT molecular complexity index is 564. The van der Waals surface area contributed by atoms with Gasteiger partial charge >= 0.3 is 0 Å². The van der Waals surface area contributed by atoms with Crippen LogP contribution in [0.3, 0.4) is 0 Å². The first-order valence-electron chi connectivity index (χ1n) is 7.48. The van der Waals surface area contributed by atoms with Gasteiger partial charge in [-0.2, -0.15) is 0 Å². The Morgan fingerprint density at radius 1 is 1.09 bits per heavy atom. The molecule has 2 amide bonds. The topological polar surface area (TPSA) is 84.5 Å². The van der Waals surface area contributed by atoms with Crippen LogP contribution in [-0.2, 0) is 14.3 Å². The van der Waals surface area contributed by atoms with Crippen LogP contribution in [0.4, 0.5) is 5.69 Å². The summed E-state index contributed by atoms with van der Waals surface area (Å²) >= 11 is 0. The van der Waals surface area contributed by atoms with Crippen molar-refractivity contribution in [2.45, 2.75) is 27.2 Å². The van der Waals surface area contributed by atoms with Crippen molar-refractivity contribution in [2.75, 3.05) is 25.6 Å². The van der Waals surface area contributed by atoms with Gasteiger partial charge in [0.1, 0.15) is 5.41 Å². The maximum Gasteiger partial charge on any atom is 0.239 e. The summed E-state index contributed by atoms with van der Waals surface area (Å²) in [4.78, 5) is 35.7. The number of ether oxygens (including phenoxy) is 1. The zero-order chi connectivity index (χ0) is 17.5. The molecule has 0 aliphatic carbocycles. The zero-order valence-electron chi connectivity index (χ0n) is 14.1. The van der Waals surface area contributed by atoms with E-state index in [9.17, 15) is 14.4 Å². The summed E-state index contributed by atoms with van der Waals surface area (Å²) in [7, 11) is 1.59. The summed E-state index contributed by atoms with van der Waals surface area (Å²) in [5.41, 5.74) is -0.0924. The zero-order valence-corrected chi connectivity index (χ0v) is 14.1. The van der Waals surface area contributed by atoms with Crippen LogP contribution in [0.15, 0.2) is 24.3 Å². The molecule has 23 heavy (non-hydrogen) atoms. The summed E-state index contributed by atoms with van der Waals surface area (Å²) in [6.07, 6.45) is 0.687. The number of amides is 2. The van der Waals surface area contributed by atoms with Crippen LogP contribution >= 0.6 is 0 Å². The molecular weight excluding hydrogens is 296 g/mol. The molecule has 0 saturated carbocycles. The molecular formula is C17H24N2O4. The summed E-state index contributed by atoms with van der Waals surface area (Å²) in [5, 5.41) is 5.42. The van der Waals surface area contributed by atoms with Crippen LogP contribution < -0.4 is 10.6 Å². The maximum absolute atomic E-state index is 12.3. The van der Waals surface area contributed by atoms with Gasteiger partial charge < -0.3 is 15.4 Å². The minimum Gasteiger partial charge on any atom is -0.385 e. The average molecular weight is 320 g/mol. The summed E-state index contributed by atoms with van der Waals surface area (Å²) in [6, 6.07) is 6.55. The molecule has 0 spiro atoms. The molecule has 1 aromatic rings. The normalized spacial score (nSPS) is 11.0. The largest absolute Gasteiger partial charge is 0.385 e. The Hall–Kier alpha value is -2.21. The number of benzene rings is 1. The number of anilines is 1. The third-order valence-corrected chi connectivity index (χ3v) is 3.50. The van der Waals surface area contributed by atoms with Crippen molar-refractivity contribution in [2.24, 2.45) is 5.41 Å². The van der Waals surface area contributed by atoms with Gasteiger partial charge in [0.05, 0.1) is 0 Å². The van der Waals surface area contributed by atoms with Gasteiger partial charge in [-0.05, 0) is 51.5 Å². The first kappa shape index (κ1) is 18.8. The van der Waals surface area contributed by atoms with Crippen LogP contribution in [0.5, 0.6) is 0 Å². The first-order valence-corrected chi connectivity index (χ1v) is 7.48. The predicted octanol–water partition coefficient (Wildman–Crippen LogP) is 2.01. The van der Waals surface area contributed by atoms with Crippen molar-refractivity contribution >= 4 is 23.3 Å². The van der Waals surface area contributed by atoms with Crippen LogP contribution in [0.2, 0.25) is 0 Å². The lowest BCUT2D eigenvalue weighted by molar-refractivity contribution is -0.138. The highest BCUT2D eigenvalue weighted by molar-refractivity contribution is 6.10. The minimum atomic E-state index is -1.20. The highest BCUT2D eigenvalue weighted by Gasteiger charge is 2.35. The molecule has 0 aliphatic heterocycles. The van der Waals surface area contributed by atoms with Crippen molar-refractivity contribution in [3.63, 3.8) is 0 Å². The van der Waals surface area contributed by atoms with E-state index in [2.05, 4.69) is 10.6 Å². The molecule has 0 unspecified atom stereocenters. The average Bonchev–Trinajstić information content (AvgIpc) is 2.51. The summed E-state index contributed by atoms with van der Waals surface area (Å²) in [6.45, 7) is 5.62. The lowest BCUT2D eigenvalue weighted by Gasteiger charge is -2.22. The van der Waals surface area contributed by atoms with Gasteiger partial charge in [0.15, 0.2) is 5.78 Å². The van der Waals surface area contributed by atoms with E-state index in [0.29, 0.717) is 30.8 Å². The Morgan fingerprint density at radius 2 is 1.70 bits per heavy atom. The van der Waals surface area contributed by atoms with E-state index >= 15 is 0 Å². The molecule has 1 aromatic carbocycles. The monoisotopic (exact) mass is 320 g/mol. The third kappa shape index (κ3) is 5.49. The fraction of sp³-hybridized carbons (Fsp3) is 0.471. The molecule has 1 rings (SSSR count). The quantitative estimate of drug-likeness (QED) is 0.436. The molecule has 0 atom stereocenters. The number of Topliss-reactive ketones (excluding diaryl/α,β-unsaturated/α-hetero) is 1. The second-order valence-corrected chi connectivity index (χ2v) is 5.81. The van der Waals surface area contributed by atoms with E-state index in [-0.39, 0.29) is 11.7 Å². The number of ketones is 1. The minimum absolute atomic E-state index is 0.0429. The van der Waals surface area contributed by atoms with Crippen LogP contribution in [0.25, 0.3) is 0 Å². The standard InChI is InChI=1S/C17H24N2O4/c1-12(20)13-6-8-14(9-7-13)19-16(22)17(2,3)15(21)18-10-5-11-23-4/h6-9H,5,10-11H2,1-4H3,(H,18,21)(H,19,22). The highest BCUT2D eigenvalue weighted by atomic mass is 16.5. The van der Waals surface area contributed by atoms with Gasteiger partial charge in [-0.25, -0.2) is 0 Å². The predicted molar refractivity (Wildman–Crippen MR) is 88.4 cm³/mol. The molecule has 126 valence electrons. The summed E-state index contributed by atoms with van der Waals surface area (Å²) in [5.74, 6) is -0.789. The van der Waals surface area contributed by atoms with Crippen LogP contribution in [-0.4, -0.2) is 37.9 Å². The Labute approximate surface area is 136 Å². The van der Waals surface area contributed by atoms with Gasteiger partial charge in [0, 0.05) is 31.5 Å². The number of methoxy groups -OCH3 is 1. The molecule has 0 radical (unpaired) electrons. The molecule has 0 fully saturated rings. The summed E-state index contributed by atoms with van der Waals surface area (Å²) < 4.78 is 4.91. The Kier molecular flexibility index (Phi) is 6.90. The van der Waals surface area contributed by atoms with E-state index in [4.69, 9.17) is 4.74 Å². The van der Waals surface area contributed by atoms with E-state index in [1.165, 1.54) is 6.92 Å². The van der Waals surface area contributed by atoms with Crippen LogP contribution in [0.1, 0.15) is 37.6 Å². The lowest BCUT2D eigenvalue weighted by Crippen LogP contribution is -2.45. The van der Waals surface area contributed by atoms with Gasteiger partial charge in [-0.3, -0.25) is 14.4 Å². The molecule has 0 aliphatic rings. The number of hydrogen-bond acceptors (Lipinski definition) is 4. The third-order valence-electron chi connectivity index (χ3n) is 3.50. The van der Waals surface area contributed by atoms with Crippen molar-refractivity contribution < 1.29 is 19.1 Å². The smallest absolute Gasteiger partial charge is 0.239 e. The van der Waals surface area contributed by atoms with Crippen LogP contribution in [0, 0.1) is 5.41 Å². The number of carbonyl (C=O) groups is 3. The second kappa shape index (κ2) is 8.43. The van der Waals surface area contributed by atoms with Gasteiger partial charge in [-0.1, -0.05) is 0 Å².